The van der Waals surface area contributed by atoms with Gasteiger partial charge < -0.3 is 14.6 Å². The first-order chi connectivity index (χ1) is 7.36. The van der Waals surface area contributed by atoms with Gasteiger partial charge in [0.05, 0.1) is 13.2 Å². The monoisotopic (exact) mass is 236 g/mol. The van der Waals surface area contributed by atoms with Gasteiger partial charge in [0, 0.05) is 8.35 Å². The van der Waals surface area contributed by atoms with E-state index in [4.69, 9.17) is 5.11 Å². The molecule has 16 heavy (non-hydrogen) atoms. The summed E-state index contributed by atoms with van der Waals surface area (Å²) >= 11 is 0. The minimum atomic E-state index is -0.991. The maximum absolute atomic E-state index is 10.3. The van der Waals surface area contributed by atoms with E-state index in [-0.39, 0.29) is 8.03 Å². The van der Waals surface area contributed by atoms with Crippen molar-refractivity contribution in [3.8, 4) is 0 Å². The van der Waals surface area contributed by atoms with E-state index in [9.17, 15) is 14.4 Å². The summed E-state index contributed by atoms with van der Waals surface area (Å²) in [5.74, 6) is -1.87. The third-order valence-corrected chi connectivity index (χ3v) is 1.19. The Hall–Kier alpha value is -1.43. The Morgan fingerprint density at radius 3 is 1.75 bits per heavy atom. The molecule has 0 aromatic heterocycles. The molecule has 0 spiro atoms. The smallest absolute Gasteiger partial charge is 0.374 e. The SMILES string of the molecule is CCOC(=O)C(C)=O.CCOC(=O)[C@H](C)O.[HH]. The largest absolute Gasteiger partial charge is 0.464 e. The molecule has 0 bridgehead atoms. The molecule has 0 aromatic rings. The van der Waals surface area contributed by atoms with Crippen molar-refractivity contribution in [3.05, 3.63) is 0 Å². The molecule has 1 N–H and O–H groups in total. The van der Waals surface area contributed by atoms with Crippen LogP contribution in [0.5, 0.6) is 0 Å². The molecule has 6 nitrogen and oxygen atoms in total. The van der Waals surface area contributed by atoms with Crippen molar-refractivity contribution in [2.24, 2.45) is 0 Å². The van der Waals surface area contributed by atoms with Crippen LogP contribution >= 0.6 is 0 Å². The summed E-state index contributed by atoms with van der Waals surface area (Å²) in [5, 5.41) is 8.48. The molecule has 6 heteroatoms. The van der Waals surface area contributed by atoms with Crippen molar-refractivity contribution in [2.75, 3.05) is 13.2 Å². The third kappa shape index (κ3) is 10.6. The van der Waals surface area contributed by atoms with E-state index >= 15 is 0 Å². The van der Waals surface area contributed by atoms with Gasteiger partial charge in [-0.2, -0.15) is 0 Å². The molecule has 0 fully saturated rings. The van der Waals surface area contributed by atoms with Gasteiger partial charge in [-0.15, -0.1) is 0 Å². The van der Waals surface area contributed by atoms with Crippen LogP contribution in [0, 0.1) is 0 Å². The second-order valence-electron chi connectivity index (χ2n) is 2.70. The summed E-state index contributed by atoms with van der Waals surface area (Å²) < 4.78 is 8.73. The van der Waals surface area contributed by atoms with Crippen molar-refractivity contribution < 1.29 is 30.4 Å². The number of hydrogen-bond donors (Lipinski definition) is 1. The van der Waals surface area contributed by atoms with Crippen LogP contribution in [0.2, 0.25) is 0 Å². The highest BCUT2D eigenvalue weighted by atomic mass is 16.5. The van der Waals surface area contributed by atoms with Crippen LogP contribution in [0.15, 0.2) is 0 Å². The zero-order valence-corrected chi connectivity index (χ0v) is 9.98. The maximum atomic E-state index is 10.3. The van der Waals surface area contributed by atoms with Crippen molar-refractivity contribution in [1.29, 1.82) is 0 Å². The lowest BCUT2D eigenvalue weighted by atomic mass is 10.4. The number of esters is 2. The number of ether oxygens (including phenoxy) is 2. The lowest BCUT2D eigenvalue weighted by Crippen LogP contribution is -2.18. The first kappa shape index (κ1) is 17.0. The molecule has 0 aliphatic heterocycles. The summed E-state index contributed by atoms with van der Waals surface area (Å²) in [6.07, 6.45) is -0.991. The van der Waals surface area contributed by atoms with Crippen LogP contribution in [-0.2, 0) is 23.9 Å². The van der Waals surface area contributed by atoms with Gasteiger partial charge >= 0.3 is 11.9 Å². The number of ketones is 1. The van der Waals surface area contributed by atoms with Gasteiger partial charge in [-0.05, 0) is 20.8 Å². The Morgan fingerprint density at radius 2 is 1.62 bits per heavy atom. The standard InChI is InChI=1S/C5H10O3.C5H8O3.H2/c2*1-3-8-5(7)4(2)6;/h4,6H,3H2,1-2H3;3H2,1-2H3;1H/t4-;;/m0../s1. The Bertz CT molecular complexity index is 239. The summed E-state index contributed by atoms with van der Waals surface area (Å²) in [4.78, 5) is 30.5. The molecule has 0 saturated carbocycles. The van der Waals surface area contributed by atoms with Gasteiger partial charge in [-0.25, -0.2) is 9.59 Å². The second kappa shape index (κ2) is 10.1. The van der Waals surface area contributed by atoms with E-state index < -0.39 is 23.8 Å². The zero-order chi connectivity index (χ0) is 13.1. The Balaban J connectivity index is -0.000000218. The predicted molar refractivity (Wildman–Crippen MR) is 57.7 cm³/mol. The van der Waals surface area contributed by atoms with Crippen molar-refractivity contribution in [2.45, 2.75) is 33.8 Å². The van der Waals surface area contributed by atoms with Gasteiger partial charge in [0.2, 0.25) is 5.78 Å². The summed E-state index contributed by atoms with van der Waals surface area (Å²) in [5.41, 5.74) is 0. The third-order valence-electron chi connectivity index (χ3n) is 1.19. The molecule has 0 radical (unpaired) electrons. The molecule has 0 unspecified atom stereocenters. The highest BCUT2D eigenvalue weighted by Crippen LogP contribution is 1.84. The number of Topliss-reactive ketones (excluding diaryl/α,β-unsaturated/α-hetero) is 1. The first-order valence-corrected chi connectivity index (χ1v) is 4.89. The average molecular weight is 236 g/mol. The van der Waals surface area contributed by atoms with E-state index in [1.54, 1.807) is 13.8 Å². The topological polar surface area (TPSA) is 89.9 Å². The van der Waals surface area contributed by atoms with Gasteiger partial charge in [0.15, 0.2) is 0 Å². The highest BCUT2D eigenvalue weighted by Gasteiger charge is 2.07. The Kier molecular flexibility index (Phi) is 10.7. The molecule has 0 aliphatic rings. The molecular formula is C10H20O6. The first-order valence-electron chi connectivity index (χ1n) is 4.89. The molecule has 0 aliphatic carbocycles. The van der Waals surface area contributed by atoms with Crippen LogP contribution < -0.4 is 0 Å². The van der Waals surface area contributed by atoms with Gasteiger partial charge in [-0.3, -0.25) is 4.79 Å². The fraction of sp³-hybridized carbons (Fsp3) is 0.700. The molecule has 1 atom stereocenters. The zero-order valence-electron chi connectivity index (χ0n) is 9.98. The molecule has 0 saturated heterocycles. The summed E-state index contributed by atoms with van der Waals surface area (Å²) in [6, 6.07) is 0. The molecule has 0 heterocycles. The summed E-state index contributed by atoms with van der Waals surface area (Å²) in [6.45, 7) is 6.49. The fourth-order valence-electron chi connectivity index (χ4n) is 0.496. The number of aliphatic hydroxyl groups is 1. The van der Waals surface area contributed by atoms with Crippen molar-refractivity contribution in [1.82, 2.24) is 0 Å². The predicted octanol–water partition coefficient (Wildman–Crippen LogP) is 0.315. The highest BCUT2D eigenvalue weighted by molar-refractivity contribution is 6.32. The molecule has 0 amide bonds. The lowest BCUT2D eigenvalue weighted by Gasteiger charge is -2.01. The normalized spacial score (nSPS) is 10.6. The van der Waals surface area contributed by atoms with E-state index in [1.165, 1.54) is 13.8 Å². The van der Waals surface area contributed by atoms with E-state index in [0.717, 1.165) is 0 Å². The molecule has 96 valence electrons. The van der Waals surface area contributed by atoms with Crippen LogP contribution in [-0.4, -0.2) is 42.1 Å². The van der Waals surface area contributed by atoms with Gasteiger partial charge in [-0.1, -0.05) is 0 Å². The maximum Gasteiger partial charge on any atom is 0.374 e. The number of carbonyl (C=O) groups is 3. The minimum absolute atomic E-state index is 0. The van der Waals surface area contributed by atoms with Gasteiger partial charge in [0.25, 0.3) is 0 Å². The van der Waals surface area contributed by atoms with Crippen LogP contribution in [0.4, 0.5) is 0 Å². The van der Waals surface area contributed by atoms with Crippen LogP contribution in [0.3, 0.4) is 0 Å². The van der Waals surface area contributed by atoms with E-state index in [1.807, 2.05) is 0 Å². The van der Waals surface area contributed by atoms with Gasteiger partial charge in [0.1, 0.15) is 6.10 Å². The van der Waals surface area contributed by atoms with Crippen LogP contribution in [0.25, 0.3) is 0 Å². The molecule has 0 rings (SSSR count). The Labute approximate surface area is 96.0 Å². The van der Waals surface area contributed by atoms with Crippen LogP contribution in [0.1, 0.15) is 29.1 Å². The summed E-state index contributed by atoms with van der Waals surface area (Å²) in [7, 11) is 0. The average Bonchev–Trinajstić information content (AvgIpc) is 2.19. The van der Waals surface area contributed by atoms with Crippen molar-refractivity contribution in [3.63, 3.8) is 0 Å². The number of hydrogen-bond acceptors (Lipinski definition) is 6. The number of rotatable bonds is 4. The second-order valence-corrected chi connectivity index (χ2v) is 2.70. The molecule has 0 aromatic carbocycles. The quantitative estimate of drug-likeness (QED) is 0.558. The number of aliphatic hydroxyl groups excluding tert-OH is 1. The van der Waals surface area contributed by atoms with Crippen molar-refractivity contribution >= 4 is 17.7 Å². The minimum Gasteiger partial charge on any atom is -0.464 e. The Morgan fingerprint density at radius 1 is 1.19 bits per heavy atom. The number of carbonyl (C=O) groups excluding carboxylic acids is 3. The van der Waals surface area contributed by atoms with E-state index in [0.29, 0.717) is 6.61 Å². The lowest BCUT2D eigenvalue weighted by molar-refractivity contribution is -0.152. The molecular weight excluding hydrogens is 216 g/mol. The fourth-order valence-corrected chi connectivity index (χ4v) is 0.496. The van der Waals surface area contributed by atoms with E-state index in [2.05, 4.69) is 9.47 Å².